The van der Waals surface area contributed by atoms with E-state index in [1.54, 1.807) is 29.1 Å². The molecule has 6 rings (SSSR count). The van der Waals surface area contributed by atoms with Crippen LogP contribution in [0.1, 0.15) is 27.8 Å². The van der Waals surface area contributed by atoms with E-state index in [0.29, 0.717) is 11.3 Å². The molecule has 6 aromatic rings. The molecule has 0 bridgehead atoms. The summed E-state index contributed by atoms with van der Waals surface area (Å²) < 4.78 is 296. The summed E-state index contributed by atoms with van der Waals surface area (Å²) in [7, 11) is 0. The third kappa shape index (κ3) is 7.51. The van der Waals surface area contributed by atoms with Crippen molar-refractivity contribution in [2.45, 2.75) is 13.5 Å². The molecular formula is C38H13BF20N2O2. The van der Waals surface area contributed by atoms with Crippen LogP contribution in [0.25, 0.3) is 0 Å². The summed E-state index contributed by atoms with van der Waals surface area (Å²) in [6.07, 6.45) is -2.55. The van der Waals surface area contributed by atoms with Crippen molar-refractivity contribution in [1.29, 1.82) is 0 Å². The van der Waals surface area contributed by atoms with Gasteiger partial charge >= 0.3 is 0 Å². The van der Waals surface area contributed by atoms with E-state index in [2.05, 4.69) is 4.98 Å². The van der Waals surface area contributed by atoms with E-state index < -0.39 is 144 Å². The number of Topliss-reactive ketones (excluding diaryl/α,β-unsaturated/α-hetero) is 2. The topological polar surface area (TPSA) is 50.9 Å². The number of carbonyl (C=O) groups is 2. The summed E-state index contributed by atoms with van der Waals surface area (Å²) in [6.45, 7) is 1.60. The largest absolute Gasteiger partial charge is 0.288 e. The number of halogens is 20. The van der Waals surface area contributed by atoms with Crippen LogP contribution in [0, 0.1) is 116 Å². The van der Waals surface area contributed by atoms with Crippen molar-refractivity contribution < 1.29 is 102 Å². The van der Waals surface area contributed by atoms with E-state index in [1.807, 2.05) is 18.2 Å². The van der Waals surface area contributed by atoms with Crippen molar-refractivity contribution >= 4 is 39.6 Å². The van der Waals surface area contributed by atoms with Crippen LogP contribution in [-0.2, 0) is 6.54 Å². The van der Waals surface area contributed by atoms with Gasteiger partial charge < -0.3 is 0 Å². The van der Waals surface area contributed by atoms with Crippen LogP contribution in [0.3, 0.4) is 0 Å². The molecule has 0 atom stereocenters. The zero-order chi connectivity index (χ0) is 47.3. The van der Waals surface area contributed by atoms with Crippen molar-refractivity contribution in [3.8, 4) is 0 Å². The molecule has 4 nitrogen and oxygen atoms in total. The molecule has 0 fully saturated rings. The number of nitrogens with zero attached hydrogens (tertiary/aromatic N) is 2. The third-order valence-corrected chi connectivity index (χ3v) is 9.32. The van der Waals surface area contributed by atoms with Crippen molar-refractivity contribution in [3.63, 3.8) is 0 Å². The molecule has 0 saturated heterocycles. The monoisotopic (exact) mass is 920 g/mol. The fourth-order valence-corrected chi connectivity index (χ4v) is 6.56. The van der Waals surface area contributed by atoms with Crippen molar-refractivity contribution in [2.24, 2.45) is 0 Å². The first-order chi connectivity index (χ1) is 29.4. The summed E-state index contributed by atoms with van der Waals surface area (Å²) in [5.74, 6) is -71.5. The van der Waals surface area contributed by atoms with E-state index in [9.17, 15) is 62.3 Å². The van der Waals surface area contributed by atoms with E-state index in [4.69, 9.17) is 0 Å². The lowest BCUT2D eigenvalue weighted by atomic mass is 9.12. The molecule has 0 amide bonds. The molecule has 0 radical (unpaired) electrons. The third-order valence-electron chi connectivity index (χ3n) is 9.32. The highest BCUT2D eigenvalue weighted by Gasteiger charge is 2.52. The molecule has 0 aliphatic heterocycles. The fraction of sp³-hybridized carbons (Fsp3) is 0.0526. The predicted octanol–water partition coefficient (Wildman–Crippen LogP) is 7.30. The summed E-state index contributed by atoms with van der Waals surface area (Å²) in [5.41, 5.74) is -13.3. The first-order valence-electron chi connectivity index (χ1n) is 16.5. The molecule has 63 heavy (non-hydrogen) atoms. The summed E-state index contributed by atoms with van der Waals surface area (Å²) in [4.78, 5) is 27.3. The molecule has 1 aromatic heterocycles. The summed E-state index contributed by atoms with van der Waals surface area (Å²) in [6, 6.07) is 9.01. The number of benzene rings is 5. The molecule has 0 N–H and O–H groups in total. The predicted molar refractivity (Wildman–Crippen MR) is 174 cm³/mol. The molecule has 330 valence electrons. The smallest absolute Gasteiger partial charge is 0.267 e. The second-order valence-corrected chi connectivity index (χ2v) is 12.7. The van der Waals surface area contributed by atoms with Gasteiger partial charge in [-0.3, -0.25) is 14.6 Å². The molecule has 5 aromatic carbocycles. The first kappa shape index (κ1) is 47.2. The molecule has 0 spiro atoms. The van der Waals surface area contributed by atoms with Gasteiger partial charge in [0.05, 0.1) is 6.20 Å². The zero-order valence-corrected chi connectivity index (χ0v) is 30.2. The molecule has 0 aliphatic carbocycles. The highest BCUT2D eigenvalue weighted by atomic mass is 19.2. The van der Waals surface area contributed by atoms with Crippen LogP contribution in [0.5, 0.6) is 0 Å². The van der Waals surface area contributed by atoms with Crippen LogP contribution in [-0.4, -0.2) is 22.7 Å². The maximum atomic E-state index is 15.4. The van der Waals surface area contributed by atoms with Gasteiger partial charge in [0.25, 0.3) is 5.69 Å². The zero-order valence-electron chi connectivity index (χ0n) is 30.2. The SMILES string of the molecule is CC(=O)c1cncc[n+]1CC(=O)c1ccccc1.Fc1c(F)c(F)c([B-](c2c(F)c(F)c(F)c(F)c2F)(c2c(F)c(F)c(F)c(F)c2F)c2c(F)c(F)c(F)c(F)c2F)c(F)c1F. The molecule has 25 heteroatoms. The standard InChI is InChI=1S/C24BF20.C14H13N2O2/c26-5-1(6(27)14(35)21(42)13(5)34)25(2-7(28)15(36)22(43)16(37)8(2)29,3-9(30)17(38)23(44)18(39)10(3)31)4-11(32)19(40)24(45)20(41)12(4)33;1-11(17)13-9-15-7-8-16(13)10-14(18)12-5-3-2-4-6-12/h;2-9H,10H2,1H3/q-1;+1. The Balaban J connectivity index is 0.000000345. The number of carbonyl (C=O) groups excluding carboxylic acids is 2. The lowest BCUT2D eigenvalue weighted by Crippen LogP contribution is -2.81. The summed E-state index contributed by atoms with van der Waals surface area (Å²) in [5, 5.41) is 0. The Morgan fingerprint density at radius 3 is 0.984 bits per heavy atom. The Bertz CT molecular complexity index is 2500. The van der Waals surface area contributed by atoms with Gasteiger partial charge in [0.2, 0.25) is 18.1 Å². The van der Waals surface area contributed by atoms with E-state index in [-0.39, 0.29) is 18.1 Å². The number of hydrogen-bond acceptors (Lipinski definition) is 3. The van der Waals surface area contributed by atoms with Gasteiger partial charge in [-0.05, 0) is 0 Å². The van der Waals surface area contributed by atoms with Gasteiger partial charge in [-0.2, -0.15) is 4.57 Å². The maximum absolute atomic E-state index is 15.4. The molecule has 0 saturated carbocycles. The number of ketones is 2. The van der Waals surface area contributed by atoms with Crippen molar-refractivity contribution in [3.05, 3.63) is 177 Å². The highest BCUT2D eigenvalue weighted by molar-refractivity contribution is 7.20. The van der Waals surface area contributed by atoms with Gasteiger partial charge in [-0.25, -0.2) is 87.8 Å². The molecular weight excluding hydrogens is 907 g/mol. The molecule has 1 heterocycles. The average Bonchev–Trinajstić information content (AvgIpc) is 3.26. The van der Waals surface area contributed by atoms with Crippen LogP contribution in [0.2, 0.25) is 0 Å². The Labute approximate surface area is 336 Å². The van der Waals surface area contributed by atoms with E-state index in [1.165, 1.54) is 13.1 Å². The number of hydrogen-bond donors (Lipinski definition) is 0. The number of rotatable bonds is 8. The van der Waals surface area contributed by atoms with Gasteiger partial charge in [0, 0.05) is 12.5 Å². The normalized spacial score (nSPS) is 11.4. The summed E-state index contributed by atoms with van der Waals surface area (Å²) >= 11 is 0. The minimum Gasteiger partial charge on any atom is -0.288 e. The molecule has 0 unspecified atom stereocenters. The van der Waals surface area contributed by atoms with Crippen molar-refractivity contribution in [2.75, 3.05) is 0 Å². The van der Waals surface area contributed by atoms with Gasteiger partial charge in [-0.15, -0.1) is 21.9 Å². The number of aromatic nitrogens is 2. The van der Waals surface area contributed by atoms with Crippen molar-refractivity contribution in [1.82, 2.24) is 4.98 Å². The lowest BCUT2D eigenvalue weighted by Gasteiger charge is -2.44. The van der Waals surface area contributed by atoms with E-state index in [0.717, 1.165) is 0 Å². The maximum Gasteiger partial charge on any atom is 0.267 e. The Hall–Kier alpha value is -6.82. The quantitative estimate of drug-likeness (QED) is 0.0403. The highest BCUT2D eigenvalue weighted by Crippen LogP contribution is 2.30. The lowest BCUT2D eigenvalue weighted by molar-refractivity contribution is -0.685. The Morgan fingerprint density at radius 2 is 0.714 bits per heavy atom. The van der Waals surface area contributed by atoms with Gasteiger partial charge in [0.15, 0.2) is 76.0 Å². The Kier molecular flexibility index (Phi) is 13.1. The van der Waals surface area contributed by atoms with Gasteiger partial charge in [0.1, 0.15) is 58.9 Å². The van der Waals surface area contributed by atoms with Crippen LogP contribution >= 0.6 is 0 Å². The fourth-order valence-electron chi connectivity index (χ4n) is 6.56. The minimum atomic E-state index is -7.22. The Morgan fingerprint density at radius 1 is 0.444 bits per heavy atom. The second kappa shape index (κ2) is 17.5. The van der Waals surface area contributed by atoms with Crippen LogP contribution in [0.15, 0.2) is 48.9 Å². The van der Waals surface area contributed by atoms with Crippen LogP contribution < -0.4 is 26.4 Å². The van der Waals surface area contributed by atoms with E-state index >= 15 is 35.1 Å². The molecule has 0 aliphatic rings. The van der Waals surface area contributed by atoms with Crippen LogP contribution in [0.4, 0.5) is 87.8 Å². The average molecular weight is 920 g/mol. The van der Waals surface area contributed by atoms with Gasteiger partial charge in [-0.1, -0.05) is 30.3 Å². The minimum absolute atomic E-state index is 0.0331. The first-order valence-corrected chi connectivity index (χ1v) is 16.5. The second-order valence-electron chi connectivity index (χ2n) is 12.7.